The van der Waals surface area contributed by atoms with Crippen molar-refractivity contribution in [1.29, 1.82) is 0 Å². The lowest BCUT2D eigenvalue weighted by Crippen LogP contribution is -2.52. The molecule has 0 saturated carbocycles. The molecule has 54 heavy (non-hydrogen) atoms. The summed E-state index contributed by atoms with van der Waals surface area (Å²) in [5.41, 5.74) is 2.95. The van der Waals surface area contributed by atoms with E-state index in [9.17, 15) is 9.90 Å². The minimum Gasteiger partial charge on any atom is -0.497 e. The highest BCUT2D eigenvalue weighted by Crippen LogP contribution is 2.60. The molecule has 7 rings (SSSR count). The van der Waals surface area contributed by atoms with Gasteiger partial charge in [-0.25, -0.2) is 0 Å². The second kappa shape index (κ2) is 15.6. The van der Waals surface area contributed by atoms with E-state index >= 15 is 4.79 Å². The maximum Gasteiger partial charge on any atom is 0.264 e. The van der Waals surface area contributed by atoms with Crippen molar-refractivity contribution in [2.45, 2.75) is 88.3 Å². The highest BCUT2D eigenvalue weighted by atomic mass is 28.3. The molecule has 3 aliphatic heterocycles. The monoisotopic (exact) mass is 747 g/mol. The van der Waals surface area contributed by atoms with Crippen molar-refractivity contribution in [2.24, 2.45) is 5.92 Å². The van der Waals surface area contributed by atoms with Gasteiger partial charge in [0.05, 0.1) is 45.2 Å². The van der Waals surface area contributed by atoms with Gasteiger partial charge in [-0.05, 0) is 60.7 Å². The molecule has 1 aromatic heterocycles. The van der Waals surface area contributed by atoms with E-state index in [1.807, 2.05) is 75.3 Å². The molecular weight excluding hydrogens is 695 g/mol. The zero-order chi connectivity index (χ0) is 38.0. The maximum atomic E-state index is 15.0. The topological polar surface area (TPSA) is 110 Å². The molecule has 0 bridgehead atoms. The number of benzene rings is 3. The number of aliphatic hydroxyl groups excluding tert-OH is 1. The highest BCUT2D eigenvalue weighted by Gasteiger charge is 2.66. The summed E-state index contributed by atoms with van der Waals surface area (Å²) in [6, 6.07) is 24.3. The van der Waals surface area contributed by atoms with E-state index in [1.54, 1.807) is 13.2 Å². The molecule has 3 aliphatic rings. The number of hydrogen-bond acceptors (Lipinski definition) is 7. The van der Waals surface area contributed by atoms with Crippen molar-refractivity contribution in [2.75, 3.05) is 36.6 Å². The van der Waals surface area contributed by atoms with Crippen molar-refractivity contribution < 1.29 is 24.2 Å². The fourth-order valence-corrected chi connectivity index (χ4v) is 13.4. The van der Waals surface area contributed by atoms with Crippen molar-refractivity contribution in [1.82, 2.24) is 15.0 Å². The van der Waals surface area contributed by atoms with Crippen molar-refractivity contribution in [3.63, 3.8) is 0 Å². The van der Waals surface area contributed by atoms with E-state index < -0.39 is 13.7 Å². The van der Waals surface area contributed by atoms with Gasteiger partial charge in [0.1, 0.15) is 5.75 Å². The summed E-state index contributed by atoms with van der Waals surface area (Å²) in [5, 5.41) is 20.5. The number of methoxy groups -OCH3 is 1. The number of aromatic nitrogens is 3. The number of amides is 2. The standard InChI is InChI=1S/C43H53N5O5Si/c1-6-24-48-38-22-17-32(47-25-13-8-7-12-16-40(47)50)27-36(38)43(42(48)51)30(2)41(54(4,5)34-20-18-33(52-3)19-21-34)39(53-43)23-26-46-28-37(44-45-46)35(29-49)31-14-10-9-11-15-31/h6,9-11,14-15,17-22,27-28,30,35,39,41,49H,1,7-8,12-13,16,23-26,29H2,2-5H3/t30-,35?,39+,41-,43+/m0/s1. The first-order chi connectivity index (χ1) is 26.1. The first-order valence-electron chi connectivity index (χ1n) is 19.4. The minimum absolute atomic E-state index is 0.0378. The summed E-state index contributed by atoms with van der Waals surface area (Å²) in [5.74, 6) is 0.386. The zero-order valence-corrected chi connectivity index (χ0v) is 33.0. The Bertz CT molecular complexity index is 1970. The van der Waals surface area contributed by atoms with Gasteiger partial charge in [0.15, 0.2) is 5.60 Å². The minimum atomic E-state index is -2.38. The number of aliphatic hydroxyl groups is 1. The predicted octanol–water partition coefficient (Wildman–Crippen LogP) is 6.55. The second-order valence-corrected chi connectivity index (χ2v) is 20.3. The third-order valence-electron chi connectivity index (χ3n) is 12.2. The Morgan fingerprint density at radius 2 is 1.81 bits per heavy atom. The normalized spacial score (nSPS) is 23.7. The van der Waals surface area contributed by atoms with Crippen LogP contribution in [-0.4, -0.2) is 72.9 Å². The lowest BCUT2D eigenvalue weighted by Gasteiger charge is -2.37. The fraction of sp³-hybridized carbons (Fsp3) is 0.442. The van der Waals surface area contributed by atoms with Crippen LogP contribution in [0.5, 0.6) is 5.75 Å². The largest absolute Gasteiger partial charge is 0.497 e. The fourth-order valence-electron chi connectivity index (χ4n) is 9.38. The summed E-state index contributed by atoms with van der Waals surface area (Å²) in [6.45, 7) is 12.4. The molecule has 4 heterocycles. The Balaban J connectivity index is 1.28. The molecule has 0 aliphatic carbocycles. The van der Waals surface area contributed by atoms with Gasteiger partial charge in [-0.15, -0.1) is 11.7 Å². The molecular formula is C43H53N5O5Si. The Morgan fingerprint density at radius 1 is 1.06 bits per heavy atom. The first kappa shape index (κ1) is 37.7. The van der Waals surface area contributed by atoms with Gasteiger partial charge in [-0.2, -0.15) is 0 Å². The quantitative estimate of drug-likeness (QED) is 0.129. The van der Waals surface area contributed by atoms with Gasteiger partial charge in [0.25, 0.3) is 5.91 Å². The Hall–Kier alpha value is -4.58. The number of nitrogens with zero attached hydrogens (tertiary/aromatic N) is 5. The molecule has 0 radical (unpaired) electrons. The number of anilines is 2. The van der Waals surface area contributed by atoms with Crippen LogP contribution in [0, 0.1) is 5.92 Å². The molecule has 2 amide bonds. The summed E-state index contributed by atoms with van der Waals surface area (Å²) < 4.78 is 14.7. The zero-order valence-electron chi connectivity index (χ0n) is 32.0. The van der Waals surface area contributed by atoms with Gasteiger partial charge in [-0.3, -0.25) is 14.3 Å². The van der Waals surface area contributed by atoms with E-state index in [4.69, 9.17) is 9.47 Å². The van der Waals surface area contributed by atoms with Gasteiger partial charge < -0.3 is 24.4 Å². The van der Waals surface area contributed by atoms with Crippen LogP contribution in [0.15, 0.2) is 91.6 Å². The molecule has 1 spiro atoms. The van der Waals surface area contributed by atoms with Crippen LogP contribution in [0.3, 0.4) is 0 Å². The van der Waals surface area contributed by atoms with E-state index in [0.29, 0.717) is 38.2 Å². The molecule has 11 heteroatoms. The molecule has 1 N–H and O–H groups in total. The Kier molecular flexibility index (Phi) is 10.9. The van der Waals surface area contributed by atoms with Crippen LogP contribution < -0.4 is 19.7 Å². The third-order valence-corrected chi connectivity index (χ3v) is 16.6. The number of ether oxygens (including phenoxy) is 2. The van der Waals surface area contributed by atoms with Crippen molar-refractivity contribution >= 4 is 36.4 Å². The number of aryl methyl sites for hydroxylation is 1. The van der Waals surface area contributed by atoms with E-state index in [-0.39, 0.29) is 41.9 Å². The summed E-state index contributed by atoms with van der Waals surface area (Å²) in [7, 11) is -0.701. The second-order valence-electron chi connectivity index (χ2n) is 15.6. The van der Waals surface area contributed by atoms with E-state index in [1.165, 1.54) is 5.19 Å². The molecule has 284 valence electrons. The van der Waals surface area contributed by atoms with Crippen molar-refractivity contribution in [3.05, 3.63) is 108 Å². The number of carbonyl (C=O) groups excluding carboxylic acids is 2. The van der Waals surface area contributed by atoms with Crippen LogP contribution in [0.4, 0.5) is 11.4 Å². The van der Waals surface area contributed by atoms with Gasteiger partial charge in [-0.1, -0.05) is 91.8 Å². The van der Waals surface area contributed by atoms with E-state index in [0.717, 1.165) is 53.9 Å². The van der Waals surface area contributed by atoms with Crippen LogP contribution in [0.2, 0.25) is 18.6 Å². The first-order valence-corrected chi connectivity index (χ1v) is 22.5. The summed E-state index contributed by atoms with van der Waals surface area (Å²) in [4.78, 5) is 32.2. The van der Waals surface area contributed by atoms with Gasteiger partial charge in [0, 0.05) is 49.4 Å². The average molecular weight is 748 g/mol. The molecule has 2 fully saturated rings. The molecule has 4 aromatic rings. The van der Waals surface area contributed by atoms with Gasteiger partial charge in [0.2, 0.25) is 5.91 Å². The Labute approximate surface area is 319 Å². The van der Waals surface area contributed by atoms with Crippen LogP contribution >= 0.6 is 0 Å². The number of fused-ring (bicyclic) bond motifs is 2. The predicted molar refractivity (Wildman–Crippen MR) is 214 cm³/mol. The smallest absolute Gasteiger partial charge is 0.264 e. The lowest BCUT2D eigenvalue weighted by molar-refractivity contribution is -0.145. The van der Waals surface area contributed by atoms with E-state index in [2.05, 4.69) is 55.1 Å². The number of rotatable bonds is 12. The maximum absolute atomic E-state index is 15.0. The number of hydrogen-bond donors (Lipinski definition) is 1. The average Bonchev–Trinajstić information content (AvgIpc) is 3.83. The summed E-state index contributed by atoms with van der Waals surface area (Å²) >= 11 is 0. The van der Waals surface area contributed by atoms with Crippen LogP contribution in [0.25, 0.3) is 0 Å². The third kappa shape index (κ3) is 6.71. The van der Waals surface area contributed by atoms with Gasteiger partial charge >= 0.3 is 0 Å². The molecule has 5 atom stereocenters. The molecule has 1 unspecified atom stereocenters. The SMILES string of the molecule is C=CCN1C(=O)[C@]2(O[C@H](CCn3cc(C(CO)c4ccccc4)nn3)[C@@H]([Si](C)(C)c3ccc(OC)cc3)[C@@H]2C)c2cc(N3CCCCCCC3=O)ccc21. The summed E-state index contributed by atoms with van der Waals surface area (Å²) in [6.07, 6.45) is 8.53. The molecule has 10 nitrogen and oxygen atoms in total. The molecule has 2 saturated heterocycles. The van der Waals surface area contributed by atoms with Crippen LogP contribution in [-0.2, 0) is 26.5 Å². The number of carbonyl (C=O) groups is 2. The van der Waals surface area contributed by atoms with Crippen molar-refractivity contribution in [3.8, 4) is 5.75 Å². The lowest BCUT2D eigenvalue weighted by atomic mass is 9.82. The molecule has 3 aromatic carbocycles. The Morgan fingerprint density at radius 3 is 2.54 bits per heavy atom. The van der Waals surface area contributed by atoms with Crippen LogP contribution in [0.1, 0.15) is 68.2 Å². The highest BCUT2D eigenvalue weighted by molar-refractivity contribution is 6.91.